The van der Waals surface area contributed by atoms with E-state index in [1.807, 2.05) is 12.1 Å². The molecule has 1 saturated heterocycles. The Bertz CT molecular complexity index is 2880. The molecule has 1 atom stereocenters. The van der Waals surface area contributed by atoms with E-state index in [0.717, 1.165) is 75.6 Å². The third-order valence-corrected chi connectivity index (χ3v) is 14.5. The fourth-order valence-electron chi connectivity index (χ4n) is 11.4. The SMILES string of the molecule is CCC1(CC)c2cc(F)ccc2-c2c1c1c(c3cc(F)ccc23)OC(c2ccc(N3CCCCC3)cc2)(c2ccc3c(c2)C(C)(C)c2ccc4ccccc4c2-3)C=C1. The summed E-state index contributed by atoms with van der Waals surface area (Å²) in [6, 6.07) is 39.4. The molecule has 288 valence electrons. The standard InChI is InChI=1S/C54H47F2NO/c1-5-53(6-2)47-32-37(56)19-24-42(47)49-40-23-18-36(55)31-44(40)51-43(50(49)53)26-27-54(58-51,34-15-20-38(21-16-34)57-28-10-7-11-29-57)35-17-22-41-46(30-35)52(3,4)45-25-14-33-12-8-9-13-39(33)48(41)45/h8-9,12-27,30-32H,5-7,10-11,28-29H2,1-4H3. The van der Waals surface area contributed by atoms with E-state index in [9.17, 15) is 0 Å². The van der Waals surface area contributed by atoms with E-state index < -0.39 is 11.0 Å². The van der Waals surface area contributed by atoms with E-state index in [1.54, 1.807) is 24.3 Å². The topological polar surface area (TPSA) is 12.5 Å². The minimum Gasteiger partial charge on any atom is -0.472 e. The Morgan fingerprint density at radius 3 is 2.12 bits per heavy atom. The number of halogens is 2. The molecule has 7 aromatic rings. The molecule has 11 rings (SSSR count). The Kier molecular flexibility index (Phi) is 7.71. The summed E-state index contributed by atoms with van der Waals surface area (Å²) in [6.07, 6.45) is 9.75. The fraction of sp³-hybridized carbons (Fsp3) is 0.259. The van der Waals surface area contributed by atoms with Crippen LogP contribution in [0, 0.1) is 11.6 Å². The van der Waals surface area contributed by atoms with Crippen molar-refractivity contribution in [2.45, 2.75) is 76.2 Å². The lowest BCUT2D eigenvalue weighted by Crippen LogP contribution is -2.36. The second-order valence-corrected chi connectivity index (χ2v) is 17.5. The van der Waals surface area contributed by atoms with Gasteiger partial charge in [0.1, 0.15) is 17.4 Å². The summed E-state index contributed by atoms with van der Waals surface area (Å²) < 4.78 is 38.5. The molecule has 0 amide bonds. The average Bonchev–Trinajstić information content (AvgIpc) is 3.68. The summed E-state index contributed by atoms with van der Waals surface area (Å²) in [7, 11) is 0. The van der Waals surface area contributed by atoms with Gasteiger partial charge in [-0.25, -0.2) is 8.78 Å². The smallest absolute Gasteiger partial charge is 0.178 e. The van der Waals surface area contributed by atoms with E-state index in [1.165, 1.54) is 58.0 Å². The Labute approximate surface area is 339 Å². The summed E-state index contributed by atoms with van der Waals surface area (Å²) in [4.78, 5) is 2.49. The van der Waals surface area contributed by atoms with Crippen molar-refractivity contribution in [2.75, 3.05) is 18.0 Å². The maximum Gasteiger partial charge on any atom is 0.178 e. The number of fused-ring (bicyclic) bond motifs is 13. The number of hydrogen-bond donors (Lipinski definition) is 0. The van der Waals surface area contributed by atoms with E-state index in [-0.39, 0.29) is 17.0 Å². The van der Waals surface area contributed by atoms with Crippen molar-refractivity contribution in [1.29, 1.82) is 0 Å². The first-order chi connectivity index (χ1) is 28.2. The van der Waals surface area contributed by atoms with Gasteiger partial charge in [-0.05, 0) is 141 Å². The second-order valence-electron chi connectivity index (χ2n) is 17.5. The van der Waals surface area contributed by atoms with Gasteiger partial charge >= 0.3 is 0 Å². The molecule has 0 saturated carbocycles. The van der Waals surface area contributed by atoms with Crippen molar-refractivity contribution in [2.24, 2.45) is 0 Å². The zero-order chi connectivity index (χ0) is 39.6. The normalized spacial score (nSPS) is 19.4. The van der Waals surface area contributed by atoms with Gasteiger partial charge < -0.3 is 9.64 Å². The third kappa shape index (κ3) is 4.75. The Morgan fingerprint density at radius 1 is 0.621 bits per heavy atom. The van der Waals surface area contributed by atoms with Gasteiger partial charge in [0.15, 0.2) is 5.60 Å². The van der Waals surface area contributed by atoms with Crippen molar-refractivity contribution in [1.82, 2.24) is 0 Å². The third-order valence-electron chi connectivity index (χ3n) is 14.5. The minimum atomic E-state index is -1.03. The molecule has 2 aliphatic heterocycles. The largest absolute Gasteiger partial charge is 0.472 e. The predicted molar refractivity (Wildman–Crippen MR) is 235 cm³/mol. The summed E-state index contributed by atoms with van der Waals surface area (Å²) in [5.74, 6) is 0.114. The number of rotatable bonds is 5. The van der Waals surface area contributed by atoms with E-state index in [4.69, 9.17) is 4.74 Å². The Morgan fingerprint density at radius 2 is 1.33 bits per heavy atom. The highest BCUT2D eigenvalue weighted by Gasteiger charge is 2.48. The highest BCUT2D eigenvalue weighted by Crippen LogP contribution is 2.61. The van der Waals surface area contributed by atoms with Crippen LogP contribution in [0.15, 0.2) is 121 Å². The van der Waals surface area contributed by atoms with Crippen molar-refractivity contribution < 1.29 is 13.5 Å². The molecule has 0 bridgehead atoms. The molecule has 2 heterocycles. The summed E-state index contributed by atoms with van der Waals surface area (Å²) in [5.41, 5.74) is 11.9. The van der Waals surface area contributed by atoms with Crippen LogP contribution >= 0.6 is 0 Å². The van der Waals surface area contributed by atoms with Crippen molar-refractivity contribution >= 4 is 33.3 Å². The monoisotopic (exact) mass is 763 g/mol. The summed E-state index contributed by atoms with van der Waals surface area (Å²) in [6.45, 7) is 11.2. The van der Waals surface area contributed by atoms with Gasteiger partial charge in [-0.1, -0.05) is 107 Å². The number of nitrogens with zero attached hydrogens (tertiary/aromatic N) is 1. The van der Waals surface area contributed by atoms with Crippen LogP contribution in [0.5, 0.6) is 5.75 Å². The number of hydrogen-bond acceptors (Lipinski definition) is 2. The molecule has 0 aromatic heterocycles. The van der Waals surface area contributed by atoms with Crippen LogP contribution in [0.1, 0.15) is 98.7 Å². The van der Waals surface area contributed by atoms with Crippen molar-refractivity contribution in [3.63, 3.8) is 0 Å². The first-order valence-corrected chi connectivity index (χ1v) is 21.2. The minimum absolute atomic E-state index is 0.240. The molecule has 4 heteroatoms. The molecule has 1 unspecified atom stereocenters. The van der Waals surface area contributed by atoms with Gasteiger partial charge in [-0.3, -0.25) is 0 Å². The van der Waals surface area contributed by atoms with Gasteiger partial charge in [0.2, 0.25) is 0 Å². The number of ether oxygens (including phenoxy) is 1. The number of anilines is 1. The van der Waals surface area contributed by atoms with Crippen molar-refractivity contribution in [3.8, 4) is 28.0 Å². The number of piperidine rings is 1. The lowest BCUT2D eigenvalue weighted by Gasteiger charge is -2.40. The molecule has 2 aliphatic carbocycles. The molecule has 0 radical (unpaired) electrons. The molecule has 1 fully saturated rings. The average molecular weight is 764 g/mol. The molecule has 4 aliphatic rings. The van der Waals surface area contributed by atoms with Gasteiger partial charge in [0, 0.05) is 51.7 Å². The first kappa shape index (κ1) is 35.4. The molecule has 58 heavy (non-hydrogen) atoms. The van der Waals surface area contributed by atoms with Crippen LogP contribution in [0.2, 0.25) is 0 Å². The lowest BCUT2D eigenvalue weighted by atomic mass is 9.71. The van der Waals surface area contributed by atoms with Gasteiger partial charge in [-0.15, -0.1) is 0 Å². The first-order valence-electron chi connectivity index (χ1n) is 21.2. The second kappa shape index (κ2) is 12.6. The van der Waals surface area contributed by atoms with Crippen LogP contribution in [-0.4, -0.2) is 13.1 Å². The lowest BCUT2D eigenvalue weighted by molar-refractivity contribution is 0.163. The molecule has 2 nitrogen and oxygen atoms in total. The van der Waals surface area contributed by atoms with E-state index in [2.05, 4.69) is 124 Å². The van der Waals surface area contributed by atoms with Gasteiger partial charge in [0.25, 0.3) is 0 Å². The van der Waals surface area contributed by atoms with Gasteiger partial charge in [-0.2, -0.15) is 0 Å². The molecular formula is C54H47F2NO. The zero-order valence-corrected chi connectivity index (χ0v) is 33.7. The van der Waals surface area contributed by atoms with E-state index in [0.29, 0.717) is 5.75 Å². The highest BCUT2D eigenvalue weighted by molar-refractivity contribution is 6.09. The molecule has 7 aromatic carbocycles. The Hall–Kier alpha value is -5.74. The van der Waals surface area contributed by atoms with Crippen LogP contribution in [-0.2, 0) is 16.4 Å². The number of benzene rings is 7. The molecule has 0 N–H and O–H groups in total. The maximum atomic E-state index is 15.6. The Balaban J connectivity index is 1.17. The summed E-state index contributed by atoms with van der Waals surface area (Å²) in [5, 5.41) is 4.16. The van der Waals surface area contributed by atoms with Crippen LogP contribution in [0.4, 0.5) is 14.5 Å². The van der Waals surface area contributed by atoms with Crippen LogP contribution in [0.3, 0.4) is 0 Å². The molecular weight excluding hydrogens is 717 g/mol. The van der Waals surface area contributed by atoms with Crippen LogP contribution in [0.25, 0.3) is 49.9 Å². The highest BCUT2D eigenvalue weighted by atomic mass is 19.1. The maximum absolute atomic E-state index is 15.6. The fourth-order valence-corrected chi connectivity index (χ4v) is 11.4. The van der Waals surface area contributed by atoms with Crippen LogP contribution < -0.4 is 9.64 Å². The van der Waals surface area contributed by atoms with Crippen molar-refractivity contribution in [3.05, 3.63) is 172 Å². The van der Waals surface area contributed by atoms with Gasteiger partial charge in [0.05, 0.1) is 0 Å². The quantitative estimate of drug-likeness (QED) is 0.173. The summed E-state index contributed by atoms with van der Waals surface area (Å²) >= 11 is 0. The zero-order valence-electron chi connectivity index (χ0n) is 33.7. The predicted octanol–water partition coefficient (Wildman–Crippen LogP) is 14.0. The molecule has 0 spiro atoms. The van der Waals surface area contributed by atoms with E-state index >= 15 is 8.78 Å².